The SMILES string of the molecule is COc1ccc(OCCO)cc1N. The van der Waals surface area contributed by atoms with Crippen LogP contribution < -0.4 is 15.2 Å². The van der Waals surface area contributed by atoms with Gasteiger partial charge in [-0.05, 0) is 12.1 Å². The number of ether oxygens (including phenoxy) is 2. The Morgan fingerprint density at radius 1 is 1.46 bits per heavy atom. The molecule has 1 aromatic carbocycles. The zero-order valence-corrected chi connectivity index (χ0v) is 7.49. The first-order chi connectivity index (χ1) is 6.27. The molecule has 0 spiro atoms. The van der Waals surface area contributed by atoms with Crippen LogP contribution in [0.2, 0.25) is 0 Å². The van der Waals surface area contributed by atoms with E-state index in [1.165, 1.54) is 0 Å². The van der Waals surface area contributed by atoms with Crippen LogP contribution in [0.4, 0.5) is 5.69 Å². The molecule has 4 nitrogen and oxygen atoms in total. The van der Waals surface area contributed by atoms with Gasteiger partial charge in [0.1, 0.15) is 18.1 Å². The van der Waals surface area contributed by atoms with E-state index in [1.807, 2.05) is 0 Å². The third-order valence-corrected chi connectivity index (χ3v) is 1.56. The predicted octanol–water partition coefficient (Wildman–Crippen LogP) is 0.649. The zero-order valence-electron chi connectivity index (χ0n) is 7.49. The largest absolute Gasteiger partial charge is 0.495 e. The average Bonchev–Trinajstić information content (AvgIpc) is 2.15. The summed E-state index contributed by atoms with van der Waals surface area (Å²) in [5.74, 6) is 1.25. The molecule has 0 bridgehead atoms. The fourth-order valence-electron chi connectivity index (χ4n) is 0.966. The van der Waals surface area contributed by atoms with Gasteiger partial charge in [0.05, 0.1) is 19.4 Å². The standard InChI is InChI=1S/C9H13NO3/c1-12-9-3-2-7(6-8(9)10)13-5-4-11/h2-3,6,11H,4-5,10H2,1H3. The molecule has 0 heterocycles. The zero-order chi connectivity index (χ0) is 9.68. The number of hydrogen-bond acceptors (Lipinski definition) is 4. The Morgan fingerprint density at radius 3 is 2.77 bits per heavy atom. The van der Waals surface area contributed by atoms with Gasteiger partial charge in [-0.15, -0.1) is 0 Å². The van der Waals surface area contributed by atoms with Gasteiger partial charge in [-0.1, -0.05) is 0 Å². The average molecular weight is 183 g/mol. The van der Waals surface area contributed by atoms with Crippen LogP contribution in [0.3, 0.4) is 0 Å². The van der Waals surface area contributed by atoms with Crippen LogP contribution in [0, 0.1) is 0 Å². The Labute approximate surface area is 76.9 Å². The monoisotopic (exact) mass is 183 g/mol. The molecule has 0 atom stereocenters. The molecule has 0 fully saturated rings. The molecule has 72 valence electrons. The summed E-state index contributed by atoms with van der Waals surface area (Å²) in [7, 11) is 1.56. The maximum absolute atomic E-state index is 8.52. The number of benzene rings is 1. The first-order valence-electron chi connectivity index (χ1n) is 3.95. The number of aliphatic hydroxyl groups excluding tert-OH is 1. The number of nitrogen functional groups attached to an aromatic ring is 1. The molecule has 0 aliphatic carbocycles. The minimum Gasteiger partial charge on any atom is -0.495 e. The summed E-state index contributed by atoms with van der Waals surface area (Å²) in [6, 6.07) is 5.13. The number of anilines is 1. The Kier molecular flexibility index (Phi) is 3.40. The highest BCUT2D eigenvalue weighted by Gasteiger charge is 2.00. The van der Waals surface area contributed by atoms with E-state index < -0.39 is 0 Å². The number of methoxy groups -OCH3 is 1. The van der Waals surface area contributed by atoms with Crippen LogP contribution in [0.25, 0.3) is 0 Å². The molecule has 4 heteroatoms. The number of hydrogen-bond donors (Lipinski definition) is 2. The van der Waals surface area contributed by atoms with E-state index >= 15 is 0 Å². The molecule has 1 aromatic rings. The van der Waals surface area contributed by atoms with E-state index in [9.17, 15) is 0 Å². The highest BCUT2D eigenvalue weighted by Crippen LogP contribution is 2.25. The molecule has 0 unspecified atom stereocenters. The normalized spacial score (nSPS) is 9.69. The fraction of sp³-hybridized carbons (Fsp3) is 0.333. The summed E-state index contributed by atoms with van der Waals surface area (Å²) in [4.78, 5) is 0. The van der Waals surface area contributed by atoms with Gasteiger partial charge >= 0.3 is 0 Å². The van der Waals surface area contributed by atoms with Crippen molar-refractivity contribution in [1.82, 2.24) is 0 Å². The van der Waals surface area contributed by atoms with E-state index in [0.717, 1.165) is 0 Å². The van der Waals surface area contributed by atoms with E-state index in [0.29, 0.717) is 17.2 Å². The lowest BCUT2D eigenvalue weighted by molar-refractivity contribution is 0.201. The Morgan fingerprint density at radius 2 is 2.23 bits per heavy atom. The van der Waals surface area contributed by atoms with Crippen molar-refractivity contribution in [2.24, 2.45) is 0 Å². The van der Waals surface area contributed by atoms with E-state index in [1.54, 1.807) is 25.3 Å². The van der Waals surface area contributed by atoms with Crippen molar-refractivity contribution < 1.29 is 14.6 Å². The summed E-state index contributed by atoms with van der Waals surface area (Å²) in [6.07, 6.45) is 0. The lowest BCUT2D eigenvalue weighted by Crippen LogP contribution is -2.02. The van der Waals surface area contributed by atoms with Crippen molar-refractivity contribution in [1.29, 1.82) is 0 Å². The quantitative estimate of drug-likeness (QED) is 0.672. The Hall–Kier alpha value is -1.42. The van der Waals surface area contributed by atoms with Gasteiger partial charge in [-0.25, -0.2) is 0 Å². The number of rotatable bonds is 4. The summed E-state index contributed by atoms with van der Waals surface area (Å²) >= 11 is 0. The van der Waals surface area contributed by atoms with Crippen molar-refractivity contribution in [3.05, 3.63) is 18.2 Å². The minimum atomic E-state index is -0.00800. The van der Waals surface area contributed by atoms with Crippen molar-refractivity contribution in [3.8, 4) is 11.5 Å². The third-order valence-electron chi connectivity index (χ3n) is 1.56. The lowest BCUT2D eigenvalue weighted by Gasteiger charge is -2.07. The van der Waals surface area contributed by atoms with Gasteiger partial charge in [0, 0.05) is 6.07 Å². The van der Waals surface area contributed by atoms with Gasteiger partial charge in [0.25, 0.3) is 0 Å². The Balaban J connectivity index is 2.71. The molecule has 0 radical (unpaired) electrons. The molecule has 0 saturated heterocycles. The van der Waals surface area contributed by atoms with Crippen LogP contribution >= 0.6 is 0 Å². The van der Waals surface area contributed by atoms with Crippen LogP contribution in [0.15, 0.2) is 18.2 Å². The van der Waals surface area contributed by atoms with Crippen LogP contribution in [0.1, 0.15) is 0 Å². The smallest absolute Gasteiger partial charge is 0.142 e. The molecular formula is C9H13NO3. The van der Waals surface area contributed by atoms with Gasteiger partial charge in [-0.3, -0.25) is 0 Å². The van der Waals surface area contributed by atoms with Crippen LogP contribution in [-0.4, -0.2) is 25.4 Å². The summed E-state index contributed by atoms with van der Waals surface area (Å²) in [5.41, 5.74) is 6.16. The van der Waals surface area contributed by atoms with E-state index in [2.05, 4.69) is 0 Å². The van der Waals surface area contributed by atoms with Gasteiger partial charge in [-0.2, -0.15) is 0 Å². The van der Waals surface area contributed by atoms with Gasteiger partial charge in [0.15, 0.2) is 0 Å². The molecule has 3 N–H and O–H groups in total. The molecule has 1 rings (SSSR count). The molecular weight excluding hydrogens is 170 g/mol. The molecule has 13 heavy (non-hydrogen) atoms. The Bertz CT molecular complexity index is 276. The molecule has 0 aliphatic heterocycles. The number of aliphatic hydroxyl groups is 1. The van der Waals surface area contributed by atoms with Crippen molar-refractivity contribution in [2.75, 3.05) is 26.1 Å². The second-order valence-corrected chi connectivity index (χ2v) is 2.48. The summed E-state index contributed by atoms with van der Waals surface area (Å²) < 4.78 is 10.1. The fourth-order valence-corrected chi connectivity index (χ4v) is 0.966. The molecule has 0 amide bonds. The third kappa shape index (κ3) is 2.52. The lowest BCUT2D eigenvalue weighted by atomic mass is 10.3. The summed E-state index contributed by atoms with van der Waals surface area (Å²) in [6.45, 7) is 0.262. The second-order valence-electron chi connectivity index (χ2n) is 2.48. The highest BCUT2D eigenvalue weighted by molar-refractivity contribution is 5.56. The topological polar surface area (TPSA) is 64.7 Å². The molecule has 0 aromatic heterocycles. The first kappa shape index (κ1) is 9.67. The molecule has 0 saturated carbocycles. The van der Waals surface area contributed by atoms with Crippen molar-refractivity contribution in [2.45, 2.75) is 0 Å². The maximum atomic E-state index is 8.52. The van der Waals surface area contributed by atoms with Crippen molar-refractivity contribution in [3.63, 3.8) is 0 Å². The first-order valence-corrected chi connectivity index (χ1v) is 3.95. The van der Waals surface area contributed by atoms with Gasteiger partial charge < -0.3 is 20.3 Å². The van der Waals surface area contributed by atoms with Gasteiger partial charge in [0.2, 0.25) is 0 Å². The summed E-state index contributed by atoms with van der Waals surface area (Å²) in [5, 5.41) is 8.52. The van der Waals surface area contributed by atoms with Crippen LogP contribution in [-0.2, 0) is 0 Å². The minimum absolute atomic E-state index is 0.00800. The van der Waals surface area contributed by atoms with E-state index in [4.69, 9.17) is 20.3 Å². The molecule has 0 aliphatic rings. The second kappa shape index (κ2) is 4.57. The van der Waals surface area contributed by atoms with E-state index in [-0.39, 0.29) is 13.2 Å². The number of nitrogens with two attached hydrogens (primary N) is 1. The highest BCUT2D eigenvalue weighted by atomic mass is 16.5. The van der Waals surface area contributed by atoms with Crippen molar-refractivity contribution >= 4 is 5.69 Å². The van der Waals surface area contributed by atoms with Crippen LogP contribution in [0.5, 0.6) is 11.5 Å². The maximum Gasteiger partial charge on any atom is 0.142 e. The predicted molar refractivity (Wildman–Crippen MR) is 50.0 cm³/mol.